The number of halogens is 2. The lowest BCUT2D eigenvalue weighted by Gasteiger charge is -2.00. The van der Waals surface area contributed by atoms with Crippen LogP contribution < -0.4 is 0 Å². The highest BCUT2D eigenvalue weighted by Gasteiger charge is 1.87. The van der Waals surface area contributed by atoms with Crippen molar-refractivity contribution >= 4 is 0 Å². The van der Waals surface area contributed by atoms with Crippen molar-refractivity contribution in [2.45, 2.75) is 20.5 Å². The SMILES string of the molecule is CCN(F)CC.FCc1cccnc1. The van der Waals surface area contributed by atoms with E-state index in [1.807, 2.05) is 0 Å². The van der Waals surface area contributed by atoms with Crippen molar-refractivity contribution in [2.75, 3.05) is 13.1 Å². The molecule has 0 N–H and O–H groups in total. The van der Waals surface area contributed by atoms with Gasteiger partial charge in [-0.05, 0) is 19.9 Å². The summed E-state index contributed by atoms with van der Waals surface area (Å²) in [5.41, 5.74) is 0.632. The van der Waals surface area contributed by atoms with Crippen LogP contribution >= 0.6 is 0 Å². The summed E-state index contributed by atoms with van der Waals surface area (Å²) >= 11 is 0. The fourth-order valence-corrected chi connectivity index (χ4v) is 0.701. The molecule has 2 nitrogen and oxygen atoms in total. The van der Waals surface area contributed by atoms with E-state index < -0.39 is 6.67 Å². The number of aromatic nitrogens is 1. The van der Waals surface area contributed by atoms with Crippen molar-refractivity contribution in [3.05, 3.63) is 30.1 Å². The largest absolute Gasteiger partial charge is 0.264 e. The average molecular weight is 202 g/mol. The molecule has 4 heteroatoms. The minimum Gasteiger partial charge on any atom is -0.264 e. The maximum absolute atomic E-state index is 11.7. The summed E-state index contributed by atoms with van der Waals surface area (Å²) < 4.78 is 23.4. The lowest BCUT2D eigenvalue weighted by molar-refractivity contribution is 0.0389. The summed E-state index contributed by atoms with van der Waals surface area (Å²) in [4.78, 5) is 3.72. The van der Waals surface area contributed by atoms with Crippen molar-refractivity contribution in [1.82, 2.24) is 10.1 Å². The number of alkyl halides is 1. The highest BCUT2D eigenvalue weighted by atomic mass is 19.2. The van der Waals surface area contributed by atoms with Gasteiger partial charge in [0.1, 0.15) is 6.67 Å². The van der Waals surface area contributed by atoms with E-state index in [-0.39, 0.29) is 0 Å². The molecule has 0 atom stereocenters. The molecule has 0 aliphatic heterocycles. The van der Waals surface area contributed by atoms with Gasteiger partial charge in [-0.2, -0.15) is 0 Å². The topological polar surface area (TPSA) is 16.1 Å². The van der Waals surface area contributed by atoms with E-state index in [1.54, 1.807) is 32.2 Å². The quantitative estimate of drug-likeness (QED) is 0.701. The van der Waals surface area contributed by atoms with E-state index in [0.29, 0.717) is 18.7 Å². The van der Waals surface area contributed by atoms with Crippen molar-refractivity contribution < 1.29 is 8.87 Å². The zero-order valence-corrected chi connectivity index (χ0v) is 8.58. The molecule has 0 aliphatic carbocycles. The molecule has 14 heavy (non-hydrogen) atoms. The lowest BCUT2D eigenvalue weighted by Crippen LogP contribution is -2.10. The summed E-state index contributed by atoms with van der Waals surface area (Å²) in [6, 6.07) is 3.42. The van der Waals surface area contributed by atoms with Gasteiger partial charge in [-0.25, -0.2) is 4.39 Å². The van der Waals surface area contributed by atoms with Crippen LogP contribution in [0, 0.1) is 0 Å². The average Bonchev–Trinajstić information content (AvgIpc) is 2.30. The van der Waals surface area contributed by atoms with Gasteiger partial charge in [0.25, 0.3) is 0 Å². The van der Waals surface area contributed by atoms with Crippen molar-refractivity contribution in [3.63, 3.8) is 0 Å². The smallest absolute Gasteiger partial charge is 0.116 e. The van der Waals surface area contributed by atoms with Crippen molar-refractivity contribution in [2.24, 2.45) is 0 Å². The molecule has 0 amide bonds. The third kappa shape index (κ3) is 6.48. The van der Waals surface area contributed by atoms with Crippen LogP contribution in [0.15, 0.2) is 24.5 Å². The van der Waals surface area contributed by atoms with Crippen LogP contribution in [0.4, 0.5) is 8.87 Å². The first-order valence-electron chi connectivity index (χ1n) is 4.60. The van der Waals surface area contributed by atoms with Crippen LogP contribution in [0.2, 0.25) is 0 Å². The van der Waals surface area contributed by atoms with E-state index in [9.17, 15) is 8.87 Å². The maximum Gasteiger partial charge on any atom is 0.116 e. The molecule has 1 heterocycles. The zero-order valence-electron chi connectivity index (χ0n) is 8.58. The first kappa shape index (κ1) is 13.0. The Bertz CT molecular complexity index is 213. The minimum absolute atomic E-state index is 0.423. The number of nitrogens with zero attached hydrogens (tertiary/aromatic N) is 2. The molecule has 0 bridgehead atoms. The third-order valence-corrected chi connectivity index (χ3v) is 1.56. The monoisotopic (exact) mass is 202 g/mol. The van der Waals surface area contributed by atoms with Gasteiger partial charge in [0.2, 0.25) is 0 Å². The van der Waals surface area contributed by atoms with E-state index in [2.05, 4.69) is 4.98 Å². The predicted molar refractivity (Wildman–Crippen MR) is 53.1 cm³/mol. The molecule has 0 spiro atoms. The maximum atomic E-state index is 11.7. The minimum atomic E-state index is -0.423. The van der Waals surface area contributed by atoms with Gasteiger partial charge < -0.3 is 0 Å². The second-order valence-corrected chi connectivity index (χ2v) is 2.59. The Kier molecular flexibility index (Phi) is 7.93. The first-order chi connectivity index (χ1) is 6.74. The number of rotatable bonds is 3. The highest BCUT2D eigenvalue weighted by molar-refractivity contribution is 5.06. The summed E-state index contributed by atoms with van der Waals surface area (Å²) in [6.45, 7) is 4.13. The number of hydrogen-bond acceptors (Lipinski definition) is 2. The fraction of sp³-hybridized carbons (Fsp3) is 0.500. The van der Waals surface area contributed by atoms with Crippen LogP contribution in [-0.2, 0) is 6.67 Å². The van der Waals surface area contributed by atoms with Gasteiger partial charge in [0.05, 0.1) is 0 Å². The Hall–Kier alpha value is -1.03. The van der Waals surface area contributed by atoms with Crippen LogP contribution in [0.25, 0.3) is 0 Å². The molecule has 0 aromatic carbocycles. The Labute approximate surface area is 83.5 Å². The third-order valence-electron chi connectivity index (χ3n) is 1.56. The molecule has 0 saturated heterocycles. The van der Waals surface area contributed by atoms with Gasteiger partial charge >= 0.3 is 0 Å². The van der Waals surface area contributed by atoms with Gasteiger partial charge in [-0.15, -0.1) is 9.60 Å². The molecule has 80 valence electrons. The lowest BCUT2D eigenvalue weighted by atomic mass is 10.3. The first-order valence-corrected chi connectivity index (χ1v) is 4.60. The van der Waals surface area contributed by atoms with Crippen LogP contribution in [0.5, 0.6) is 0 Å². The zero-order chi connectivity index (χ0) is 10.8. The second-order valence-electron chi connectivity index (χ2n) is 2.59. The van der Waals surface area contributed by atoms with E-state index >= 15 is 0 Å². The molecule has 1 rings (SSSR count). The summed E-state index contributed by atoms with van der Waals surface area (Å²) in [7, 11) is 0. The van der Waals surface area contributed by atoms with E-state index in [4.69, 9.17) is 0 Å². The van der Waals surface area contributed by atoms with E-state index in [1.165, 1.54) is 6.20 Å². The second kappa shape index (κ2) is 8.56. The molecular formula is C10H16F2N2. The standard InChI is InChI=1S/C6H6FN.C4H10FN/c7-4-6-2-1-3-8-5-6;1-3-6(5)4-2/h1-3,5H,4H2;3-4H2,1-2H3. The molecule has 0 aliphatic rings. The summed E-state index contributed by atoms with van der Waals surface area (Å²) in [5, 5.41) is 0.750. The summed E-state index contributed by atoms with van der Waals surface area (Å²) in [5.74, 6) is 0. The van der Waals surface area contributed by atoms with Crippen LogP contribution in [0.1, 0.15) is 19.4 Å². The van der Waals surface area contributed by atoms with Gasteiger partial charge in [-0.3, -0.25) is 4.98 Å². The number of pyridine rings is 1. The molecule has 1 aromatic rings. The molecule has 0 saturated carbocycles. The Balaban J connectivity index is 0.000000255. The van der Waals surface area contributed by atoms with E-state index in [0.717, 1.165) is 5.12 Å². The van der Waals surface area contributed by atoms with Gasteiger partial charge in [0, 0.05) is 31.0 Å². The van der Waals surface area contributed by atoms with Crippen LogP contribution in [0.3, 0.4) is 0 Å². The highest BCUT2D eigenvalue weighted by Crippen LogP contribution is 1.95. The van der Waals surface area contributed by atoms with Crippen molar-refractivity contribution in [3.8, 4) is 0 Å². The van der Waals surface area contributed by atoms with Crippen molar-refractivity contribution in [1.29, 1.82) is 0 Å². The molecule has 0 unspecified atom stereocenters. The molecule has 0 radical (unpaired) electrons. The van der Waals surface area contributed by atoms with Gasteiger partial charge in [0.15, 0.2) is 0 Å². The Morgan fingerprint density at radius 1 is 1.36 bits per heavy atom. The van der Waals surface area contributed by atoms with Gasteiger partial charge in [-0.1, -0.05) is 6.07 Å². The Morgan fingerprint density at radius 2 is 2.00 bits per heavy atom. The molecule has 1 aromatic heterocycles. The Morgan fingerprint density at radius 3 is 2.21 bits per heavy atom. The predicted octanol–water partition coefficient (Wildman–Crippen LogP) is 2.76. The van der Waals surface area contributed by atoms with Crippen LogP contribution in [-0.4, -0.2) is 23.2 Å². The molecular weight excluding hydrogens is 186 g/mol. The summed E-state index contributed by atoms with van der Waals surface area (Å²) in [6.07, 6.45) is 3.14. The number of hydrogen-bond donors (Lipinski definition) is 0. The fourth-order valence-electron chi connectivity index (χ4n) is 0.701. The molecule has 0 fully saturated rings. The normalized spacial score (nSPS) is 9.50.